The Morgan fingerprint density at radius 1 is 1.12 bits per heavy atom. The van der Waals surface area contributed by atoms with Crippen LogP contribution in [0.25, 0.3) is 38.0 Å². The van der Waals surface area contributed by atoms with Gasteiger partial charge in [0.05, 0.1) is 17.7 Å². The third-order valence-electron chi connectivity index (χ3n) is 4.49. The highest BCUT2D eigenvalue weighted by Crippen LogP contribution is 2.39. The molecule has 0 aliphatic rings. The van der Waals surface area contributed by atoms with Crippen molar-refractivity contribution in [3.05, 3.63) is 71.2 Å². The van der Waals surface area contributed by atoms with E-state index in [1.807, 2.05) is 49.0 Å². The van der Waals surface area contributed by atoms with Crippen molar-refractivity contribution in [3.63, 3.8) is 0 Å². The summed E-state index contributed by atoms with van der Waals surface area (Å²) in [5.74, 6) is 0. The molecule has 2 aromatic carbocycles. The van der Waals surface area contributed by atoms with E-state index in [4.69, 9.17) is 11.0 Å². The number of hydrogen-bond donors (Lipinski definition) is 0. The van der Waals surface area contributed by atoms with Gasteiger partial charge in [0.2, 0.25) is 5.69 Å². The first-order valence-electron chi connectivity index (χ1n) is 7.86. The Balaban J connectivity index is 2.20. The van der Waals surface area contributed by atoms with E-state index in [9.17, 15) is 5.26 Å². The van der Waals surface area contributed by atoms with Crippen LogP contribution in [0.4, 0.5) is 5.69 Å². The molecule has 2 heterocycles. The minimum absolute atomic E-state index is 0.390. The molecule has 0 spiro atoms. The fourth-order valence-electron chi connectivity index (χ4n) is 3.27. The van der Waals surface area contributed by atoms with Crippen molar-refractivity contribution >= 4 is 27.6 Å². The summed E-state index contributed by atoms with van der Waals surface area (Å²) in [6, 6.07) is 15.6. The van der Waals surface area contributed by atoms with E-state index >= 15 is 0 Å². The van der Waals surface area contributed by atoms with Gasteiger partial charge in [-0.3, -0.25) is 0 Å². The van der Waals surface area contributed by atoms with Crippen LogP contribution in [0.15, 0.2) is 53.1 Å². The van der Waals surface area contributed by atoms with E-state index in [-0.39, 0.29) is 0 Å². The highest BCUT2D eigenvalue weighted by molar-refractivity contribution is 6.11. The molecule has 4 rings (SSSR count). The molecule has 0 atom stereocenters. The lowest BCUT2D eigenvalue weighted by molar-refractivity contribution is -0.660. The van der Waals surface area contributed by atoms with E-state index in [0.717, 1.165) is 33.2 Å². The molecule has 0 aliphatic heterocycles. The van der Waals surface area contributed by atoms with Gasteiger partial charge >= 0.3 is 0 Å². The van der Waals surface area contributed by atoms with E-state index in [0.29, 0.717) is 16.8 Å². The highest BCUT2D eigenvalue weighted by Gasteiger charge is 2.21. The minimum atomic E-state index is 0.390. The predicted molar refractivity (Wildman–Crippen MR) is 96.0 cm³/mol. The van der Waals surface area contributed by atoms with Crippen molar-refractivity contribution in [2.24, 2.45) is 7.05 Å². The zero-order valence-corrected chi connectivity index (χ0v) is 13.9. The van der Waals surface area contributed by atoms with E-state index in [1.165, 1.54) is 0 Å². The second kappa shape index (κ2) is 5.47. The van der Waals surface area contributed by atoms with Crippen LogP contribution in [0.5, 0.6) is 0 Å². The maximum atomic E-state index is 9.45. The summed E-state index contributed by atoms with van der Waals surface area (Å²) in [4.78, 5) is 3.48. The molecule has 0 saturated carbocycles. The predicted octanol–water partition coefficient (Wildman–Crippen LogP) is 4.81. The average Bonchev–Trinajstić information content (AvgIpc) is 3.00. The van der Waals surface area contributed by atoms with E-state index < -0.39 is 0 Å². The lowest BCUT2D eigenvalue weighted by atomic mass is 10.00. The largest absolute Gasteiger partial charge is 0.454 e. The molecule has 0 aliphatic carbocycles. The zero-order chi connectivity index (χ0) is 17.6. The quantitative estimate of drug-likeness (QED) is 0.372. The van der Waals surface area contributed by atoms with Gasteiger partial charge in [-0.05, 0) is 30.7 Å². The van der Waals surface area contributed by atoms with Crippen LogP contribution < -0.4 is 4.57 Å². The Kier molecular flexibility index (Phi) is 3.27. The van der Waals surface area contributed by atoms with Gasteiger partial charge < -0.3 is 4.42 Å². The average molecular weight is 324 g/mol. The molecule has 4 heteroatoms. The molecule has 0 radical (unpaired) electrons. The van der Waals surface area contributed by atoms with Crippen LogP contribution in [0.2, 0.25) is 0 Å². The fraction of sp³-hybridized carbons (Fsp3) is 0.0952. The lowest BCUT2D eigenvalue weighted by Crippen LogP contribution is -2.30. The molecule has 2 aromatic heterocycles. The van der Waals surface area contributed by atoms with Gasteiger partial charge in [-0.2, -0.15) is 5.26 Å². The van der Waals surface area contributed by atoms with Crippen molar-refractivity contribution in [1.82, 2.24) is 0 Å². The van der Waals surface area contributed by atoms with Crippen LogP contribution in [-0.4, -0.2) is 0 Å². The summed E-state index contributed by atoms with van der Waals surface area (Å²) < 4.78 is 8.20. The number of benzene rings is 2. The zero-order valence-electron chi connectivity index (χ0n) is 13.9. The van der Waals surface area contributed by atoms with Gasteiger partial charge in [-0.15, -0.1) is 0 Å². The van der Waals surface area contributed by atoms with Gasteiger partial charge in [0.25, 0.3) is 0 Å². The van der Waals surface area contributed by atoms with Crippen molar-refractivity contribution in [2.75, 3.05) is 0 Å². The smallest absolute Gasteiger partial charge is 0.216 e. The molecule has 0 fully saturated rings. The fourth-order valence-corrected chi connectivity index (χ4v) is 3.27. The molecular weight excluding hydrogens is 310 g/mol. The Hall–Kier alpha value is -3.63. The lowest BCUT2D eigenvalue weighted by Gasteiger charge is -2.04. The number of furan rings is 1. The number of aryl methyl sites for hydroxylation is 2. The van der Waals surface area contributed by atoms with Crippen LogP contribution in [0, 0.1) is 24.8 Å². The first-order valence-corrected chi connectivity index (χ1v) is 7.86. The molecule has 0 bridgehead atoms. The molecule has 0 amide bonds. The molecule has 0 unspecified atom stereocenters. The monoisotopic (exact) mass is 324 g/mol. The summed E-state index contributed by atoms with van der Waals surface area (Å²) in [5.41, 5.74) is 5.25. The van der Waals surface area contributed by atoms with Crippen LogP contribution >= 0.6 is 0 Å². The number of fused-ring (bicyclic) bond motifs is 3. The topological polar surface area (TPSA) is 45.2 Å². The Labute approximate surface area is 145 Å². The number of rotatable bonds is 1. The molecule has 118 valence electrons. The molecule has 0 saturated heterocycles. The third kappa shape index (κ3) is 2.16. The highest BCUT2D eigenvalue weighted by atomic mass is 16.3. The van der Waals surface area contributed by atoms with Gasteiger partial charge in [0, 0.05) is 22.9 Å². The number of hydrogen-bond acceptors (Lipinski definition) is 2. The normalized spacial score (nSPS) is 10.7. The van der Waals surface area contributed by atoms with Crippen molar-refractivity contribution in [3.8, 4) is 17.3 Å². The van der Waals surface area contributed by atoms with Crippen molar-refractivity contribution in [1.29, 1.82) is 5.26 Å². The Morgan fingerprint density at radius 3 is 2.68 bits per heavy atom. The molecule has 4 aromatic rings. The number of nitrogens with zero attached hydrogens (tertiary/aromatic N) is 3. The number of nitriles is 1. The molecule has 4 nitrogen and oxygen atoms in total. The number of aromatic nitrogens is 1. The second-order valence-corrected chi connectivity index (χ2v) is 6.03. The molecule has 25 heavy (non-hydrogen) atoms. The first-order chi connectivity index (χ1) is 12.1. The van der Waals surface area contributed by atoms with Crippen LogP contribution in [0.3, 0.4) is 0 Å². The van der Waals surface area contributed by atoms with Crippen molar-refractivity contribution in [2.45, 2.75) is 6.92 Å². The maximum Gasteiger partial charge on any atom is 0.216 e. The summed E-state index contributed by atoms with van der Waals surface area (Å²) in [6.07, 6.45) is 1.99. The summed E-state index contributed by atoms with van der Waals surface area (Å²) in [5, 5.41) is 11.2. The molecular formula is C21H14N3O+. The van der Waals surface area contributed by atoms with Gasteiger partial charge in [-0.1, -0.05) is 12.1 Å². The van der Waals surface area contributed by atoms with Crippen LogP contribution in [0.1, 0.15) is 11.1 Å². The number of pyridine rings is 1. The standard InChI is InChI=1S/C21H14N3O/c1-13-7-8-16-17-11-15(23-2)10-14(12-22)20(17)25-21(16)19(13)18-6-4-5-9-24(18)3/h4-11H,1,3H3/q+1. The van der Waals surface area contributed by atoms with Crippen LogP contribution in [-0.2, 0) is 7.05 Å². The summed E-state index contributed by atoms with van der Waals surface area (Å²) in [6.45, 7) is 9.32. The van der Waals surface area contributed by atoms with Crippen molar-refractivity contribution < 1.29 is 8.98 Å². The summed E-state index contributed by atoms with van der Waals surface area (Å²) in [7, 11) is 1.99. The third-order valence-corrected chi connectivity index (χ3v) is 4.49. The van der Waals surface area contributed by atoms with E-state index in [2.05, 4.69) is 17.0 Å². The summed E-state index contributed by atoms with van der Waals surface area (Å²) >= 11 is 0. The minimum Gasteiger partial charge on any atom is -0.454 e. The molecule has 0 N–H and O–H groups in total. The first kappa shape index (κ1) is 14.9. The van der Waals surface area contributed by atoms with Gasteiger partial charge in [-0.25, -0.2) is 9.41 Å². The Bertz CT molecular complexity index is 1240. The SMILES string of the molecule is [C-]#[N+]c1cc(C#N)c2oc3c(-c4cccc[n+]4C)c(C)ccc3c2c1. The second-order valence-electron chi connectivity index (χ2n) is 6.03. The maximum absolute atomic E-state index is 9.45. The van der Waals surface area contributed by atoms with Gasteiger partial charge in [0.15, 0.2) is 17.5 Å². The van der Waals surface area contributed by atoms with Gasteiger partial charge in [0.1, 0.15) is 18.7 Å². The Morgan fingerprint density at radius 2 is 1.96 bits per heavy atom. The van der Waals surface area contributed by atoms with E-state index in [1.54, 1.807) is 12.1 Å².